The maximum absolute atomic E-state index is 9.33. The Morgan fingerprint density at radius 1 is 1.55 bits per heavy atom. The number of allylic oxidation sites excluding steroid dienone is 1. The van der Waals surface area contributed by atoms with Crippen molar-refractivity contribution in [1.29, 1.82) is 0 Å². The highest BCUT2D eigenvalue weighted by Crippen LogP contribution is 1.94. The number of hydrogen-bond donors (Lipinski definition) is 3. The Balaban J connectivity index is 3.80. The summed E-state index contributed by atoms with van der Waals surface area (Å²) < 4.78 is 0. The standard InChI is InChI=1S/C8H17NO2/c1-3-5-8(11)7(6-10)9-4-2/h3,5,7-11H,4,6H2,1-2H3/b5-3+/t7-,8+/m0/s1. The highest BCUT2D eigenvalue weighted by atomic mass is 16.3. The first-order chi connectivity index (χ1) is 5.26. The largest absolute Gasteiger partial charge is 0.395 e. The fourth-order valence-corrected chi connectivity index (χ4v) is 0.887. The van der Waals surface area contributed by atoms with Crippen LogP contribution in [0.2, 0.25) is 0 Å². The molecule has 0 aromatic carbocycles. The van der Waals surface area contributed by atoms with Crippen molar-refractivity contribution in [2.45, 2.75) is 26.0 Å². The van der Waals surface area contributed by atoms with E-state index in [0.29, 0.717) is 0 Å². The molecule has 0 unspecified atom stereocenters. The number of nitrogens with one attached hydrogen (secondary N) is 1. The molecule has 0 spiro atoms. The van der Waals surface area contributed by atoms with E-state index in [4.69, 9.17) is 5.11 Å². The van der Waals surface area contributed by atoms with Gasteiger partial charge in [-0.3, -0.25) is 0 Å². The molecule has 0 bridgehead atoms. The summed E-state index contributed by atoms with van der Waals surface area (Å²) in [7, 11) is 0. The molecule has 0 fully saturated rings. The smallest absolute Gasteiger partial charge is 0.0896 e. The lowest BCUT2D eigenvalue weighted by molar-refractivity contribution is 0.124. The lowest BCUT2D eigenvalue weighted by Crippen LogP contribution is -2.41. The first-order valence-corrected chi connectivity index (χ1v) is 3.91. The third-order valence-electron chi connectivity index (χ3n) is 1.46. The van der Waals surface area contributed by atoms with Crippen molar-refractivity contribution in [2.75, 3.05) is 13.2 Å². The van der Waals surface area contributed by atoms with E-state index >= 15 is 0 Å². The van der Waals surface area contributed by atoms with Gasteiger partial charge in [-0.05, 0) is 13.5 Å². The summed E-state index contributed by atoms with van der Waals surface area (Å²) in [4.78, 5) is 0. The molecule has 11 heavy (non-hydrogen) atoms. The fraction of sp³-hybridized carbons (Fsp3) is 0.750. The van der Waals surface area contributed by atoms with Crippen LogP contribution in [-0.2, 0) is 0 Å². The van der Waals surface area contributed by atoms with Gasteiger partial charge in [-0.25, -0.2) is 0 Å². The third kappa shape index (κ3) is 4.14. The number of rotatable bonds is 5. The second-order valence-electron chi connectivity index (χ2n) is 2.36. The van der Waals surface area contributed by atoms with Gasteiger partial charge in [0.15, 0.2) is 0 Å². The highest BCUT2D eigenvalue weighted by Gasteiger charge is 2.12. The van der Waals surface area contributed by atoms with E-state index in [9.17, 15) is 5.11 Å². The molecular weight excluding hydrogens is 142 g/mol. The molecule has 0 aliphatic carbocycles. The van der Waals surface area contributed by atoms with Crippen LogP contribution < -0.4 is 5.32 Å². The molecule has 3 nitrogen and oxygen atoms in total. The molecule has 0 aliphatic rings. The summed E-state index contributed by atoms with van der Waals surface area (Å²) >= 11 is 0. The van der Waals surface area contributed by atoms with Gasteiger partial charge in [-0.1, -0.05) is 19.1 Å². The predicted molar refractivity (Wildman–Crippen MR) is 45.4 cm³/mol. The van der Waals surface area contributed by atoms with E-state index in [0.717, 1.165) is 6.54 Å². The minimum absolute atomic E-state index is 0.0423. The Labute approximate surface area is 67.7 Å². The van der Waals surface area contributed by atoms with Crippen molar-refractivity contribution in [2.24, 2.45) is 0 Å². The summed E-state index contributed by atoms with van der Waals surface area (Å²) in [5.41, 5.74) is 0. The molecule has 0 aromatic heterocycles. The van der Waals surface area contributed by atoms with Crippen LogP contribution in [0.4, 0.5) is 0 Å². The first-order valence-electron chi connectivity index (χ1n) is 3.91. The topological polar surface area (TPSA) is 52.5 Å². The number of aliphatic hydroxyl groups excluding tert-OH is 2. The Hall–Kier alpha value is -0.380. The molecule has 3 N–H and O–H groups in total. The monoisotopic (exact) mass is 159 g/mol. The quantitative estimate of drug-likeness (QED) is 0.491. The van der Waals surface area contributed by atoms with Gasteiger partial charge in [0.2, 0.25) is 0 Å². The van der Waals surface area contributed by atoms with Gasteiger partial charge in [0.1, 0.15) is 0 Å². The van der Waals surface area contributed by atoms with Crippen molar-refractivity contribution in [3.05, 3.63) is 12.2 Å². The lowest BCUT2D eigenvalue weighted by Gasteiger charge is -2.18. The molecule has 0 rings (SSSR count). The molecular formula is C8H17NO2. The average molecular weight is 159 g/mol. The first kappa shape index (κ1) is 10.6. The number of hydrogen-bond acceptors (Lipinski definition) is 3. The van der Waals surface area contributed by atoms with Crippen LogP contribution in [0.15, 0.2) is 12.2 Å². The van der Waals surface area contributed by atoms with E-state index in [1.165, 1.54) is 0 Å². The van der Waals surface area contributed by atoms with E-state index in [1.54, 1.807) is 12.2 Å². The van der Waals surface area contributed by atoms with Gasteiger partial charge < -0.3 is 15.5 Å². The van der Waals surface area contributed by atoms with Crippen molar-refractivity contribution < 1.29 is 10.2 Å². The molecule has 0 aromatic rings. The summed E-state index contributed by atoms with van der Waals surface area (Å²) in [5.74, 6) is 0. The van der Waals surface area contributed by atoms with Gasteiger partial charge >= 0.3 is 0 Å². The Bertz CT molecular complexity index is 115. The minimum Gasteiger partial charge on any atom is -0.395 e. The molecule has 3 heteroatoms. The third-order valence-corrected chi connectivity index (χ3v) is 1.46. The summed E-state index contributed by atoms with van der Waals surface area (Å²) in [5, 5.41) is 21.1. The summed E-state index contributed by atoms with van der Waals surface area (Å²) in [6, 6.07) is -0.240. The van der Waals surface area contributed by atoms with E-state index in [2.05, 4.69) is 5.32 Å². The van der Waals surface area contributed by atoms with Crippen LogP contribution in [0.25, 0.3) is 0 Å². The molecule has 0 aliphatic heterocycles. The second-order valence-corrected chi connectivity index (χ2v) is 2.36. The predicted octanol–water partition coefficient (Wildman–Crippen LogP) is -0.106. The maximum Gasteiger partial charge on any atom is 0.0896 e. The molecule has 66 valence electrons. The molecule has 0 saturated heterocycles. The van der Waals surface area contributed by atoms with Crippen LogP contribution in [0, 0.1) is 0 Å². The van der Waals surface area contributed by atoms with Crippen molar-refractivity contribution >= 4 is 0 Å². The molecule has 0 saturated carbocycles. The van der Waals surface area contributed by atoms with Crippen LogP contribution >= 0.6 is 0 Å². The maximum atomic E-state index is 9.33. The zero-order chi connectivity index (χ0) is 8.69. The van der Waals surface area contributed by atoms with E-state index in [-0.39, 0.29) is 12.6 Å². The van der Waals surface area contributed by atoms with Crippen molar-refractivity contribution in [1.82, 2.24) is 5.32 Å². The minimum atomic E-state index is -0.593. The Morgan fingerprint density at radius 3 is 2.55 bits per heavy atom. The number of likely N-dealkylation sites (N-methyl/N-ethyl adjacent to an activating group) is 1. The lowest BCUT2D eigenvalue weighted by atomic mass is 10.1. The molecule has 2 atom stereocenters. The van der Waals surface area contributed by atoms with E-state index < -0.39 is 6.10 Å². The van der Waals surface area contributed by atoms with Crippen molar-refractivity contribution in [3.63, 3.8) is 0 Å². The van der Waals surface area contributed by atoms with Crippen LogP contribution in [0.1, 0.15) is 13.8 Å². The fourth-order valence-electron chi connectivity index (χ4n) is 0.887. The van der Waals surface area contributed by atoms with Gasteiger partial charge in [0.05, 0.1) is 18.8 Å². The van der Waals surface area contributed by atoms with Crippen LogP contribution in [-0.4, -0.2) is 35.5 Å². The number of aliphatic hydroxyl groups is 2. The van der Waals surface area contributed by atoms with Gasteiger partial charge in [0.25, 0.3) is 0 Å². The van der Waals surface area contributed by atoms with Gasteiger partial charge in [0, 0.05) is 0 Å². The normalized spacial score (nSPS) is 17.1. The summed E-state index contributed by atoms with van der Waals surface area (Å²) in [6.07, 6.45) is 2.83. The highest BCUT2D eigenvalue weighted by molar-refractivity contribution is 4.92. The zero-order valence-corrected chi connectivity index (χ0v) is 7.12. The molecule has 0 radical (unpaired) electrons. The van der Waals surface area contributed by atoms with Crippen LogP contribution in [0.3, 0.4) is 0 Å². The van der Waals surface area contributed by atoms with Crippen LogP contribution in [0.5, 0.6) is 0 Å². The second kappa shape index (κ2) is 6.34. The molecule has 0 heterocycles. The SMILES string of the molecule is C/C=C/[C@@H](O)[C@H](CO)NCC. The van der Waals surface area contributed by atoms with Gasteiger partial charge in [-0.2, -0.15) is 0 Å². The Kier molecular flexibility index (Phi) is 6.12. The van der Waals surface area contributed by atoms with Crippen molar-refractivity contribution in [3.8, 4) is 0 Å². The zero-order valence-electron chi connectivity index (χ0n) is 7.12. The average Bonchev–Trinajstić information content (AvgIpc) is 2.00. The van der Waals surface area contributed by atoms with E-state index in [1.807, 2.05) is 13.8 Å². The van der Waals surface area contributed by atoms with Gasteiger partial charge in [-0.15, -0.1) is 0 Å². The Morgan fingerprint density at radius 2 is 2.18 bits per heavy atom. The summed E-state index contributed by atoms with van der Waals surface area (Å²) in [6.45, 7) is 4.48. The molecule has 0 amide bonds.